The van der Waals surface area contributed by atoms with Crippen molar-refractivity contribution in [3.8, 4) is 0 Å². The maximum atomic E-state index is 12.6. The van der Waals surface area contributed by atoms with Crippen LogP contribution >= 0.6 is 0 Å². The Morgan fingerprint density at radius 1 is 1.00 bits per heavy atom. The summed E-state index contributed by atoms with van der Waals surface area (Å²) in [5.74, 6) is -0.0272. The Hall–Kier alpha value is -1.32. The van der Waals surface area contributed by atoms with E-state index >= 15 is 0 Å². The van der Waals surface area contributed by atoms with Crippen LogP contribution in [0.3, 0.4) is 0 Å². The highest BCUT2D eigenvalue weighted by atomic mass is 16.4. The summed E-state index contributed by atoms with van der Waals surface area (Å²) in [7, 11) is 0. The van der Waals surface area contributed by atoms with Crippen molar-refractivity contribution in [2.75, 3.05) is 13.1 Å². The Bertz CT molecular complexity index is 417. The molecule has 0 aromatic carbocycles. The van der Waals surface area contributed by atoms with Crippen molar-refractivity contribution in [2.45, 2.75) is 38.5 Å². The van der Waals surface area contributed by atoms with E-state index in [0.717, 1.165) is 38.5 Å². The van der Waals surface area contributed by atoms with Gasteiger partial charge in [-0.1, -0.05) is 12.2 Å². The number of carboxylic acid groups (broad SMARTS) is 1. The number of hydrogen-bond acceptors (Lipinski definition) is 2. The van der Waals surface area contributed by atoms with Crippen molar-refractivity contribution in [1.29, 1.82) is 0 Å². The van der Waals surface area contributed by atoms with Gasteiger partial charge in [0.15, 0.2) is 0 Å². The van der Waals surface area contributed by atoms with Gasteiger partial charge in [-0.25, -0.2) is 0 Å². The second-order valence-corrected chi connectivity index (χ2v) is 6.51. The fourth-order valence-corrected chi connectivity index (χ4v) is 3.75. The van der Waals surface area contributed by atoms with Crippen LogP contribution < -0.4 is 0 Å². The molecule has 3 aliphatic rings. The van der Waals surface area contributed by atoms with Gasteiger partial charge in [-0.3, -0.25) is 9.59 Å². The minimum Gasteiger partial charge on any atom is -0.481 e. The maximum Gasteiger partial charge on any atom is 0.308 e. The summed E-state index contributed by atoms with van der Waals surface area (Å²) in [6.07, 6.45) is 10.4. The Morgan fingerprint density at radius 3 is 2.20 bits per heavy atom. The van der Waals surface area contributed by atoms with Crippen molar-refractivity contribution >= 4 is 11.9 Å². The van der Waals surface area contributed by atoms with Gasteiger partial charge in [0.1, 0.15) is 0 Å². The predicted molar refractivity (Wildman–Crippen MR) is 75.0 cm³/mol. The van der Waals surface area contributed by atoms with E-state index in [9.17, 15) is 14.7 Å². The lowest BCUT2D eigenvalue weighted by Gasteiger charge is -2.22. The largest absolute Gasteiger partial charge is 0.481 e. The van der Waals surface area contributed by atoms with Crippen LogP contribution in [0.5, 0.6) is 0 Å². The minimum absolute atomic E-state index is 0.0948. The average molecular weight is 277 g/mol. The number of allylic oxidation sites excluding steroid dienone is 2. The molecule has 1 saturated heterocycles. The zero-order valence-corrected chi connectivity index (χ0v) is 11.8. The molecule has 0 aromatic rings. The van der Waals surface area contributed by atoms with Crippen LogP contribution in [0, 0.1) is 23.7 Å². The van der Waals surface area contributed by atoms with Gasteiger partial charge >= 0.3 is 5.97 Å². The number of nitrogens with zero attached hydrogens (tertiary/aromatic N) is 1. The molecule has 0 spiro atoms. The minimum atomic E-state index is -0.722. The molecule has 3 rings (SSSR count). The molecule has 2 aliphatic carbocycles. The lowest BCUT2D eigenvalue weighted by atomic mass is 9.92. The first-order valence-electron chi connectivity index (χ1n) is 7.83. The number of aliphatic carboxylic acids is 1. The lowest BCUT2D eigenvalue weighted by molar-refractivity contribution is -0.143. The van der Waals surface area contributed by atoms with E-state index in [1.54, 1.807) is 0 Å². The Labute approximate surface area is 119 Å². The molecular formula is C16H23NO3. The highest BCUT2D eigenvalue weighted by molar-refractivity contribution is 5.81. The molecule has 1 amide bonds. The summed E-state index contributed by atoms with van der Waals surface area (Å²) in [4.78, 5) is 25.9. The van der Waals surface area contributed by atoms with Crippen LogP contribution in [0.15, 0.2) is 12.2 Å². The molecule has 110 valence electrons. The second kappa shape index (κ2) is 5.58. The number of hydrogen-bond donors (Lipinski definition) is 1. The molecule has 0 bridgehead atoms. The third kappa shape index (κ3) is 2.74. The van der Waals surface area contributed by atoms with Gasteiger partial charge in [0, 0.05) is 19.0 Å². The van der Waals surface area contributed by atoms with Crippen molar-refractivity contribution in [3.05, 3.63) is 12.2 Å². The standard InChI is InChI=1S/C16H23NO3/c18-15(12-5-3-1-2-4-6-12)17-9-13(11-7-8-11)14(10-17)16(19)20/h1-2,11-14H,3-10H2,(H,19,20)/t13-,14+/m0/s1. The molecule has 0 aromatic heterocycles. The highest BCUT2D eigenvalue weighted by Crippen LogP contribution is 2.44. The number of carbonyl (C=O) groups excluding carboxylic acids is 1. The maximum absolute atomic E-state index is 12.6. The third-order valence-electron chi connectivity index (χ3n) is 5.10. The smallest absolute Gasteiger partial charge is 0.308 e. The van der Waals surface area contributed by atoms with E-state index in [1.165, 1.54) is 0 Å². The van der Waals surface area contributed by atoms with Crippen LogP contribution in [0.1, 0.15) is 38.5 Å². The first-order chi connectivity index (χ1) is 9.66. The van der Waals surface area contributed by atoms with Crippen LogP contribution in [0.4, 0.5) is 0 Å². The molecule has 4 nitrogen and oxygen atoms in total. The van der Waals surface area contributed by atoms with Crippen molar-refractivity contribution < 1.29 is 14.7 Å². The predicted octanol–water partition coefficient (Wildman–Crippen LogP) is 2.30. The third-order valence-corrected chi connectivity index (χ3v) is 5.10. The van der Waals surface area contributed by atoms with Gasteiger partial charge in [0.2, 0.25) is 5.91 Å². The van der Waals surface area contributed by atoms with Crippen LogP contribution in [0.25, 0.3) is 0 Å². The second-order valence-electron chi connectivity index (χ2n) is 6.51. The average Bonchev–Trinajstić information content (AvgIpc) is 3.22. The summed E-state index contributed by atoms with van der Waals surface area (Å²) in [5, 5.41) is 9.37. The Kier molecular flexibility index (Phi) is 3.81. The summed E-state index contributed by atoms with van der Waals surface area (Å²) >= 11 is 0. The van der Waals surface area contributed by atoms with Gasteiger partial charge < -0.3 is 10.0 Å². The molecule has 1 N–H and O–H groups in total. The van der Waals surface area contributed by atoms with Gasteiger partial charge in [-0.05, 0) is 50.4 Å². The van der Waals surface area contributed by atoms with E-state index in [1.807, 2.05) is 4.90 Å². The van der Waals surface area contributed by atoms with Crippen molar-refractivity contribution in [3.63, 3.8) is 0 Å². The topological polar surface area (TPSA) is 57.6 Å². The molecule has 1 saturated carbocycles. The highest BCUT2D eigenvalue weighted by Gasteiger charge is 2.47. The van der Waals surface area contributed by atoms with E-state index < -0.39 is 5.97 Å². The van der Waals surface area contributed by atoms with E-state index in [4.69, 9.17) is 0 Å². The summed E-state index contributed by atoms with van der Waals surface area (Å²) in [6, 6.07) is 0. The molecule has 20 heavy (non-hydrogen) atoms. The normalized spacial score (nSPS) is 31.3. The summed E-state index contributed by atoms with van der Waals surface area (Å²) in [5.41, 5.74) is 0. The molecule has 0 unspecified atom stereocenters. The molecule has 4 heteroatoms. The Morgan fingerprint density at radius 2 is 1.65 bits per heavy atom. The monoisotopic (exact) mass is 277 g/mol. The molecule has 1 heterocycles. The molecular weight excluding hydrogens is 254 g/mol. The number of carbonyl (C=O) groups is 2. The fourth-order valence-electron chi connectivity index (χ4n) is 3.75. The van der Waals surface area contributed by atoms with E-state index in [0.29, 0.717) is 19.0 Å². The van der Waals surface area contributed by atoms with E-state index in [2.05, 4.69) is 12.2 Å². The van der Waals surface area contributed by atoms with Gasteiger partial charge in [-0.2, -0.15) is 0 Å². The number of amides is 1. The van der Waals surface area contributed by atoms with Gasteiger partial charge in [0.05, 0.1) is 5.92 Å². The van der Waals surface area contributed by atoms with Crippen LogP contribution in [-0.2, 0) is 9.59 Å². The Balaban J connectivity index is 1.65. The lowest BCUT2D eigenvalue weighted by Crippen LogP contribution is -2.35. The quantitative estimate of drug-likeness (QED) is 0.805. The molecule has 0 radical (unpaired) electrons. The van der Waals surface area contributed by atoms with Crippen molar-refractivity contribution in [1.82, 2.24) is 4.90 Å². The summed E-state index contributed by atoms with van der Waals surface area (Å²) in [6.45, 7) is 1.10. The van der Waals surface area contributed by atoms with Gasteiger partial charge in [0.25, 0.3) is 0 Å². The van der Waals surface area contributed by atoms with Crippen LogP contribution in [-0.4, -0.2) is 35.0 Å². The van der Waals surface area contributed by atoms with Gasteiger partial charge in [-0.15, -0.1) is 0 Å². The first-order valence-corrected chi connectivity index (χ1v) is 7.83. The molecule has 2 fully saturated rings. The zero-order valence-electron chi connectivity index (χ0n) is 11.8. The number of rotatable bonds is 3. The summed E-state index contributed by atoms with van der Waals surface area (Å²) < 4.78 is 0. The van der Waals surface area contributed by atoms with Crippen LogP contribution in [0.2, 0.25) is 0 Å². The number of carboxylic acids is 1. The molecule has 1 aliphatic heterocycles. The van der Waals surface area contributed by atoms with E-state index in [-0.39, 0.29) is 23.7 Å². The zero-order chi connectivity index (χ0) is 14.1. The first kappa shape index (κ1) is 13.7. The van der Waals surface area contributed by atoms with Crippen molar-refractivity contribution in [2.24, 2.45) is 23.7 Å². The SMILES string of the molecule is O=C(O)[C@@H]1CN(C(=O)C2CCC=CCC2)C[C@H]1C1CC1. The fraction of sp³-hybridized carbons (Fsp3) is 0.750. The molecule has 2 atom stereocenters. The number of likely N-dealkylation sites (tertiary alicyclic amines) is 1.